The van der Waals surface area contributed by atoms with E-state index in [1.165, 1.54) is 12.1 Å². The molecule has 0 spiro atoms. The van der Waals surface area contributed by atoms with Gasteiger partial charge in [0.05, 0.1) is 17.5 Å². The Morgan fingerprint density at radius 1 is 1.47 bits per heavy atom. The van der Waals surface area contributed by atoms with Gasteiger partial charge in [-0.25, -0.2) is 17.2 Å². The van der Waals surface area contributed by atoms with E-state index >= 15 is 0 Å². The Bertz CT molecular complexity index is 463. The molecule has 0 saturated heterocycles. The number of aliphatic hydroxyl groups excluding tert-OH is 1. The first kappa shape index (κ1) is 14.8. The van der Waals surface area contributed by atoms with Crippen molar-refractivity contribution < 1.29 is 22.3 Å². The highest BCUT2D eigenvalue weighted by atomic mass is 35.5. The molecule has 1 aromatic heterocycles. The van der Waals surface area contributed by atoms with E-state index in [1.54, 1.807) is 0 Å². The molecule has 17 heavy (non-hydrogen) atoms. The molecule has 0 aliphatic rings. The van der Waals surface area contributed by atoms with Gasteiger partial charge in [0, 0.05) is 6.54 Å². The minimum absolute atomic E-state index is 0.114. The third kappa shape index (κ3) is 3.85. The molecule has 1 rings (SSSR count). The molecule has 1 aromatic rings. The zero-order chi connectivity index (χ0) is 13.1. The maximum absolute atomic E-state index is 12.2. The van der Waals surface area contributed by atoms with Crippen LogP contribution in [0.2, 0.25) is 4.34 Å². The van der Waals surface area contributed by atoms with Crippen molar-refractivity contribution in [3.8, 4) is 0 Å². The van der Waals surface area contributed by atoms with Crippen LogP contribution in [0, 0.1) is 0 Å². The second kappa shape index (κ2) is 6.05. The van der Waals surface area contributed by atoms with Gasteiger partial charge in [-0.15, -0.1) is 11.3 Å². The number of rotatable bonds is 6. The Labute approximate surface area is 106 Å². The molecule has 1 heterocycles. The number of sulfonamides is 1. The summed E-state index contributed by atoms with van der Waals surface area (Å²) in [5, 5.41) is 8.69. The highest BCUT2D eigenvalue weighted by Crippen LogP contribution is 2.28. The van der Waals surface area contributed by atoms with E-state index in [4.69, 9.17) is 16.7 Å². The fraction of sp³-hybridized carbons (Fsp3) is 0.500. The average Bonchev–Trinajstić information content (AvgIpc) is 2.64. The number of nitrogens with zero attached hydrogens (tertiary/aromatic N) is 1. The van der Waals surface area contributed by atoms with Gasteiger partial charge in [0.1, 0.15) is 4.21 Å². The number of thiophene rings is 1. The Balaban J connectivity index is 2.99. The number of aliphatic hydroxyl groups is 1. The minimum atomic E-state index is -4.01. The summed E-state index contributed by atoms with van der Waals surface area (Å²) >= 11 is 6.38. The van der Waals surface area contributed by atoms with Crippen molar-refractivity contribution in [3.63, 3.8) is 0 Å². The molecule has 98 valence electrons. The Hall–Kier alpha value is -0.280. The summed E-state index contributed by atoms with van der Waals surface area (Å²) in [4.78, 5) is 0. The Morgan fingerprint density at radius 3 is 2.53 bits per heavy atom. The predicted molar refractivity (Wildman–Crippen MR) is 61.2 cm³/mol. The zero-order valence-corrected chi connectivity index (χ0v) is 10.9. The van der Waals surface area contributed by atoms with Crippen molar-refractivity contribution in [2.45, 2.75) is 10.6 Å². The molecule has 0 aliphatic heterocycles. The first-order valence-electron chi connectivity index (χ1n) is 4.52. The summed E-state index contributed by atoms with van der Waals surface area (Å²) in [5.74, 6) is 0. The Morgan fingerprint density at radius 2 is 2.12 bits per heavy atom. The highest BCUT2D eigenvalue weighted by molar-refractivity contribution is 7.91. The largest absolute Gasteiger partial charge is 0.395 e. The molecular weight excluding hydrogens is 296 g/mol. The molecule has 0 bridgehead atoms. The van der Waals surface area contributed by atoms with Crippen molar-refractivity contribution >= 4 is 33.0 Å². The molecule has 0 aliphatic carbocycles. The lowest BCUT2D eigenvalue weighted by Gasteiger charge is -2.19. The summed E-state index contributed by atoms with van der Waals surface area (Å²) in [6.07, 6.45) is -2.80. The van der Waals surface area contributed by atoms with Crippen LogP contribution in [-0.2, 0) is 10.0 Å². The fourth-order valence-corrected chi connectivity index (χ4v) is 4.18. The van der Waals surface area contributed by atoms with E-state index < -0.39 is 29.6 Å². The van der Waals surface area contributed by atoms with Gasteiger partial charge >= 0.3 is 0 Å². The van der Waals surface area contributed by atoms with Gasteiger partial charge in [-0.05, 0) is 12.1 Å². The van der Waals surface area contributed by atoms with Crippen molar-refractivity contribution in [1.82, 2.24) is 4.31 Å². The third-order valence-electron chi connectivity index (χ3n) is 1.83. The van der Waals surface area contributed by atoms with Crippen LogP contribution in [-0.4, -0.2) is 44.0 Å². The van der Waals surface area contributed by atoms with Crippen LogP contribution in [0.25, 0.3) is 0 Å². The molecule has 0 aromatic carbocycles. The first-order valence-corrected chi connectivity index (χ1v) is 7.16. The van der Waals surface area contributed by atoms with Gasteiger partial charge in [0.2, 0.25) is 0 Å². The summed E-state index contributed by atoms with van der Waals surface area (Å²) in [7, 11) is -4.01. The normalized spacial score (nSPS) is 12.6. The molecule has 0 fully saturated rings. The lowest BCUT2D eigenvalue weighted by atomic mass is 10.6. The number of halogens is 3. The Kier molecular flexibility index (Phi) is 5.26. The first-order chi connectivity index (χ1) is 7.87. The van der Waals surface area contributed by atoms with Crippen LogP contribution in [0.4, 0.5) is 8.78 Å². The zero-order valence-electron chi connectivity index (χ0n) is 8.51. The lowest BCUT2D eigenvalue weighted by molar-refractivity contribution is 0.113. The van der Waals surface area contributed by atoms with E-state index in [1.807, 2.05) is 0 Å². The summed E-state index contributed by atoms with van der Waals surface area (Å²) in [6.45, 7) is -1.84. The molecule has 0 saturated carbocycles. The van der Waals surface area contributed by atoms with E-state index in [0.717, 1.165) is 11.3 Å². The molecule has 0 atom stereocenters. The summed E-state index contributed by atoms with van der Waals surface area (Å²) in [6, 6.07) is 2.62. The lowest BCUT2D eigenvalue weighted by Crippen LogP contribution is -2.36. The van der Waals surface area contributed by atoms with Gasteiger partial charge in [0.25, 0.3) is 16.4 Å². The predicted octanol–water partition coefficient (Wildman–Crippen LogP) is 1.65. The van der Waals surface area contributed by atoms with E-state index in [2.05, 4.69) is 0 Å². The maximum Gasteiger partial charge on any atom is 0.252 e. The molecule has 0 radical (unpaired) electrons. The SMILES string of the molecule is O=S(=O)(c1ccc(Cl)s1)N(CCO)CC(F)F. The second-order valence-electron chi connectivity index (χ2n) is 3.04. The van der Waals surface area contributed by atoms with E-state index in [-0.39, 0.29) is 15.1 Å². The van der Waals surface area contributed by atoms with Crippen molar-refractivity contribution in [1.29, 1.82) is 0 Å². The van der Waals surface area contributed by atoms with Crippen LogP contribution in [0.5, 0.6) is 0 Å². The second-order valence-corrected chi connectivity index (χ2v) is 6.92. The molecular formula is C8H10ClF2NO3S2. The van der Waals surface area contributed by atoms with E-state index in [9.17, 15) is 17.2 Å². The molecule has 0 unspecified atom stereocenters. The summed E-state index contributed by atoms with van der Waals surface area (Å²) < 4.78 is 49.0. The topological polar surface area (TPSA) is 57.6 Å². The number of hydrogen-bond acceptors (Lipinski definition) is 4. The standard InChI is InChI=1S/C8H10ClF2NO3S2/c9-6-1-2-8(16-6)17(14,15)12(3-4-13)5-7(10)11/h1-2,7,13H,3-5H2. The average molecular weight is 306 g/mol. The van der Waals surface area contributed by atoms with Gasteiger partial charge in [-0.2, -0.15) is 4.31 Å². The summed E-state index contributed by atoms with van der Waals surface area (Å²) in [5.41, 5.74) is 0. The highest BCUT2D eigenvalue weighted by Gasteiger charge is 2.28. The molecule has 4 nitrogen and oxygen atoms in total. The molecule has 1 N–H and O–H groups in total. The molecule has 0 amide bonds. The van der Waals surface area contributed by atoms with Crippen LogP contribution >= 0.6 is 22.9 Å². The monoisotopic (exact) mass is 305 g/mol. The van der Waals surface area contributed by atoms with E-state index in [0.29, 0.717) is 4.31 Å². The quantitative estimate of drug-likeness (QED) is 0.869. The van der Waals surface area contributed by atoms with Crippen LogP contribution in [0.15, 0.2) is 16.3 Å². The van der Waals surface area contributed by atoms with Crippen molar-refractivity contribution in [3.05, 3.63) is 16.5 Å². The smallest absolute Gasteiger partial charge is 0.252 e. The number of hydrogen-bond donors (Lipinski definition) is 1. The van der Waals surface area contributed by atoms with Crippen molar-refractivity contribution in [2.24, 2.45) is 0 Å². The van der Waals surface area contributed by atoms with Crippen LogP contribution in [0.3, 0.4) is 0 Å². The van der Waals surface area contributed by atoms with Gasteiger partial charge in [-0.1, -0.05) is 11.6 Å². The van der Waals surface area contributed by atoms with Crippen LogP contribution in [0.1, 0.15) is 0 Å². The molecule has 9 heteroatoms. The maximum atomic E-state index is 12.2. The van der Waals surface area contributed by atoms with Gasteiger partial charge in [-0.3, -0.25) is 0 Å². The van der Waals surface area contributed by atoms with Gasteiger partial charge in [0.15, 0.2) is 0 Å². The fourth-order valence-electron chi connectivity index (χ4n) is 1.14. The third-order valence-corrected chi connectivity index (χ3v) is 5.40. The van der Waals surface area contributed by atoms with Crippen LogP contribution < -0.4 is 0 Å². The number of alkyl halides is 2. The minimum Gasteiger partial charge on any atom is -0.395 e. The van der Waals surface area contributed by atoms with Crippen molar-refractivity contribution in [2.75, 3.05) is 19.7 Å². The van der Waals surface area contributed by atoms with Gasteiger partial charge < -0.3 is 5.11 Å².